The minimum absolute atomic E-state index is 0.0380. The fraction of sp³-hybridized carbons (Fsp3) is 0.464. The Bertz CT molecular complexity index is 2620. The van der Waals surface area contributed by atoms with Gasteiger partial charge in [-0.25, -0.2) is 4.39 Å². The first-order chi connectivity index (χ1) is 35.7. The van der Waals surface area contributed by atoms with E-state index in [0.29, 0.717) is 30.5 Å². The van der Waals surface area contributed by atoms with Crippen molar-refractivity contribution in [3.8, 4) is 5.75 Å². The van der Waals surface area contributed by atoms with E-state index in [-0.39, 0.29) is 55.8 Å². The number of hydrogen-bond donors (Lipinski definition) is 8. The summed E-state index contributed by atoms with van der Waals surface area (Å²) in [6, 6.07) is 20.2. The van der Waals surface area contributed by atoms with Crippen molar-refractivity contribution in [2.75, 3.05) is 18.1 Å². The maximum absolute atomic E-state index is 14.8. The molecule has 0 saturated carbocycles. The zero-order valence-electron chi connectivity index (χ0n) is 42.7. The Morgan fingerprint density at radius 3 is 1.97 bits per heavy atom. The average molecular weight is 1070 g/mol. The number of rotatable bonds is 19. The molecule has 4 amide bonds. The van der Waals surface area contributed by atoms with E-state index in [0.717, 1.165) is 37.9 Å². The smallest absolute Gasteiger partial charge is 0.225 e. The van der Waals surface area contributed by atoms with Gasteiger partial charge < -0.3 is 43.4 Å². The summed E-state index contributed by atoms with van der Waals surface area (Å²) in [5.41, 5.74) is 19.8. The van der Waals surface area contributed by atoms with Crippen LogP contribution in [-0.2, 0) is 57.6 Å². The molecule has 11 N–H and O–H groups in total. The second kappa shape index (κ2) is 29.3. The standard InChI is InChI=1S/C56H71FN6O10S2/c1-32(2)43-28-51(68)46(10-6-7-21-58)61-54(71)39(22-34-12-17-41(57)18-13-34)26-50(67)47(25-35-14-19-42(65)20-15-35)62-55(72)40(27-49(66)45(59)24-36-11-16-37-8-4-5-9-38(37)23-36)30-74-75-31-48(63-56(43)73)52(69)29-44(33(3)64)53(60)70/h4-5,8-9,11-20,23,32-33,39-40,43-48,64-65H,6-7,10,21-22,24-31,58-59H2,1-3H3,(H2,60,70)(H,61,71)(H,62,72)(H,63,73)/t33?,39-,40-,43-,44-,45+,46-,47-,48-/m0/s1. The number of hydrogen-bond acceptors (Lipinski definition) is 14. The highest BCUT2D eigenvalue weighted by Crippen LogP contribution is 2.30. The fourth-order valence-corrected chi connectivity index (χ4v) is 11.5. The average Bonchev–Trinajstić information content (AvgIpc) is 3.37. The molecule has 9 atom stereocenters. The molecule has 19 heteroatoms. The number of fused-ring (bicyclic) bond motifs is 1. The van der Waals surface area contributed by atoms with Gasteiger partial charge >= 0.3 is 0 Å². The number of Topliss-reactive ketones (excluding diaryl/α,β-unsaturated/α-hetero) is 4. The molecule has 0 radical (unpaired) electrons. The number of aromatic hydroxyl groups is 1. The van der Waals surface area contributed by atoms with E-state index in [1.165, 1.54) is 43.3 Å². The van der Waals surface area contributed by atoms with Gasteiger partial charge in [0.1, 0.15) is 11.6 Å². The number of halogens is 1. The molecule has 0 aliphatic carbocycles. The summed E-state index contributed by atoms with van der Waals surface area (Å²) in [6.45, 7) is 5.08. The van der Waals surface area contributed by atoms with E-state index in [2.05, 4.69) is 16.0 Å². The number of aliphatic hydroxyl groups excluding tert-OH is 1. The molecule has 0 spiro atoms. The van der Waals surface area contributed by atoms with Crippen molar-refractivity contribution in [3.63, 3.8) is 0 Å². The van der Waals surface area contributed by atoms with Gasteiger partial charge in [-0.15, -0.1) is 0 Å². The van der Waals surface area contributed by atoms with Crippen LogP contribution in [0.15, 0.2) is 91.0 Å². The first-order valence-electron chi connectivity index (χ1n) is 25.4. The van der Waals surface area contributed by atoms with Gasteiger partial charge in [0.05, 0.1) is 42.1 Å². The highest BCUT2D eigenvalue weighted by Gasteiger charge is 2.37. The van der Waals surface area contributed by atoms with E-state index in [1.54, 1.807) is 26.0 Å². The van der Waals surface area contributed by atoms with Crippen LogP contribution in [0.4, 0.5) is 4.39 Å². The number of primary amides is 1. The molecule has 75 heavy (non-hydrogen) atoms. The molecule has 5 rings (SSSR count). The first kappa shape index (κ1) is 59.9. The number of amides is 4. The Balaban J connectivity index is 1.56. The summed E-state index contributed by atoms with van der Waals surface area (Å²) >= 11 is 0. The third kappa shape index (κ3) is 18.7. The molecule has 4 aromatic rings. The zero-order chi connectivity index (χ0) is 54.8. The van der Waals surface area contributed by atoms with Crippen molar-refractivity contribution in [2.24, 2.45) is 46.8 Å². The van der Waals surface area contributed by atoms with Crippen molar-refractivity contribution >= 4 is 79.1 Å². The van der Waals surface area contributed by atoms with Crippen LogP contribution in [0.5, 0.6) is 5.75 Å². The minimum atomic E-state index is -1.30. The quantitative estimate of drug-likeness (QED) is 0.0461. The van der Waals surface area contributed by atoms with Gasteiger partial charge in [-0.1, -0.05) is 102 Å². The largest absolute Gasteiger partial charge is 0.508 e. The van der Waals surface area contributed by atoms with Gasteiger partial charge in [0.25, 0.3) is 0 Å². The number of nitrogens with one attached hydrogen (secondary N) is 3. The second-order valence-electron chi connectivity index (χ2n) is 19.9. The number of nitrogens with two attached hydrogens (primary N) is 3. The maximum atomic E-state index is 14.8. The maximum Gasteiger partial charge on any atom is 0.225 e. The molecule has 404 valence electrons. The van der Waals surface area contributed by atoms with Gasteiger partial charge in [-0.2, -0.15) is 0 Å². The van der Waals surface area contributed by atoms with E-state index in [1.807, 2.05) is 42.5 Å². The van der Waals surface area contributed by atoms with Crippen LogP contribution in [0.2, 0.25) is 0 Å². The summed E-state index contributed by atoms with van der Waals surface area (Å²) in [5, 5.41) is 30.9. The van der Waals surface area contributed by atoms with Gasteiger partial charge in [0, 0.05) is 49.0 Å². The van der Waals surface area contributed by atoms with Crippen LogP contribution < -0.4 is 33.2 Å². The molecule has 0 bridgehead atoms. The third-order valence-electron chi connectivity index (χ3n) is 13.7. The molecule has 1 saturated heterocycles. The van der Waals surface area contributed by atoms with Gasteiger partial charge in [0.2, 0.25) is 23.6 Å². The molecule has 16 nitrogen and oxygen atoms in total. The summed E-state index contributed by atoms with van der Waals surface area (Å²) in [7, 11) is 2.22. The Morgan fingerprint density at radius 2 is 1.32 bits per heavy atom. The van der Waals surface area contributed by atoms with Crippen molar-refractivity contribution in [3.05, 3.63) is 114 Å². The number of ketones is 4. The van der Waals surface area contributed by atoms with Gasteiger partial charge in [-0.05, 0) is 110 Å². The number of phenolic OH excluding ortho intramolecular Hbond substituents is 1. The Labute approximate surface area is 445 Å². The van der Waals surface area contributed by atoms with Gasteiger partial charge in [0.15, 0.2) is 23.1 Å². The fourth-order valence-electron chi connectivity index (χ4n) is 9.00. The lowest BCUT2D eigenvalue weighted by molar-refractivity contribution is -0.136. The van der Waals surface area contributed by atoms with Gasteiger partial charge in [-0.3, -0.25) is 38.4 Å². The predicted octanol–water partition coefficient (Wildman–Crippen LogP) is 4.84. The highest BCUT2D eigenvalue weighted by atomic mass is 33.1. The van der Waals surface area contributed by atoms with Crippen LogP contribution in [0.3, 0.4) is 0 Å². The Morgan fingerprint density at radius 1 is 0.720 bits per heavy atom. The molecule has 0 aromatic heterocycles. The SMILES string of the molecule is CC(C)[C@@H]1CC(=O)[C@H](CCCCN)NC(=O)[C@@H](Cc2ccc(F)cc2)CC(=O)[C@H](Cc2ccc(O)cc2)NC(=O)[C@@H](CC(=O)[C@H](N)Cc2ccc3ccccc3c2)CSSC[C@@H](C(=O)C[C@H](C(N)=O)C(C)O)NC1=O. The molecular formula is C56H71FN6O10S2. The molecule has 1 heterocycles. The molecule has 1 aliphatic heterocycles. The van der Waals surface area contributed by atoms with Crippen molar-refractivity contribution < 1.29 is 53.0 Å². The van der Waals surface area contributed by atoms with Crippen LogP contribution in [0.25, 0.3) is 10.8 Å². The number of carbonyl (C=O) groups excluding carboxylic acids is 8. The number of unbranched alkanes of at least 4 members (excludes halogenated alkanes) is 1. The summed E-state index contributed by atoms with van der Waals surface area (Å²) in [4.78, 5) is 113. The Kier molecular flexibility index (Phi) is 23.4. The van der Waals surface area contributed by atoms with Crippen molar-refractivity contribution in [1.29, 1.82) is 0 Å². The lowest BCUT2D eigenvalue weighted by Gasteiger charge is -2.28. The number of aliphatic hydroxyl groups is 1. The van der Waals surface area contributed by atoms with E-state index in [9.17, 15) is 53.0 Å². The number of carbonyl (C=O) groups is 8. The van der Waals surface area contributed by atoms with Crippen LogP contribution in [-0.4, -0.2) is 105 Å². The minimum Gasteiger partial charge on any atom is -0.508 e. The molecule has 4 aromatic carbocycles. The van der Waals surface area contributed by atoms with Crippen LogP contribution in [0, 0.1) is 35.4 Å². The van der Waals surface area contributed by atoms with E-state index < -0.39 is 125 Å². The van der Waals surface area contributed by atoms with E-state index in [4.69, 9.17) is 17.2 Å². The van der Waals surface area contributed by atoms with E-state index >= 15 is 0 Å². The highest BCUT2D eigenvalue weighted by molar-refractivity contribution is 8.76. The van der Waals surface area contributed by atoms with Crippen LogP contribution >= 0.6 is 21.6 Å². The predicted molar refractivity (Wildman–Crippen MR) is 289 cm³/mol. The van der Waals surface area contributed by atoms with Crippen LogP contribution in [0.1, 0.15) is 82.4 Å². The number of phenols is 1. The summed E-state index contributed by atoms with van der Waals surface area (Å²) in [5.74, 6) is -10.8. The van der Waals surface area contributed by atoms with Crippen molar-refractivity contribution in [1.82, 2.24) is 16.0 Å². The zero-order valence-corrected chi connectivity index (χ0v) is 44.3. The molecular weight excluding hydrogens is 1000 g/mol. The molecule has 1 unspecified atom stereocenters. The van der Waals surface area contributed by atoms with Crippen molar-refractivity contribution in [2.45, 2.75) is 115 Å². The first-order valence-corrected chi connectivity index (χ1v) is 27.9. The number of benzene rings is 4. The monoisotopic (exact) mass is 1070 g/mol. The topological polar surface area (TPSA) is 291 Å². The summed E-state index contributed by atoms with van der Waals surface area (Å²) < 4.78 is 14.2. The molecule has 1 aliphatic rings. The summed E-state index contributed by atoms with van der Waals surface area (Å²) in [6.07, 6.45) is -1.89. The lowest BCUT2D eigenvalue weighted by Crippen LogP contribution is -2.50. The second-order valence-corrected chi connectivity index (χ2v) is 22.5. The molecule has 1 fully saturated rings. The Hall–Kier alpha value is -5.99. The third-order valence-corrected chi connectivity index (χ3v) is 16.2. The lowest BCUT2D eigenvalue weighted by atomic mass is 9.86. The normalized spacial score (nSPS) is 22.1.